The molecule has 0 bridgehead atoms. The van der Waals surface area contributed by atoms with Crippen molar-refractivity contribution in [3.63, 3.8) is 0 Å². The van der Waals surface area contributed by atoms with Crippen molar-refractivity contribution in [3.05, 3.63) is 80.2 Å². The molecule has 0 saturated carbocycles. The molecule has 0 radical (unpaired) electrons. The maximum absolute atomic E-state index is 13.3. The Balaban J connectivity index is 1.87. The van der Waals surface area contributed by atoms with Crippen LogP contribution in [-0.4, -0.2) is 5.91 Å². The lowest BCUT2D eigenvalue weighted by atomic mass is 10.1. The molecule has 112 valence electrons. The van der Waals surface area contributed by atoms with Crippen molar-refractivity contribution < 1.29 is 13.6 Å². The van der Waals surface area contributed by atoms with Gasteiger partial charge in [0.15, 0.2) is 11.6 Å². The molecule has 0 fully saturated rings. The SMILES string of the molecule is O=C(N[C@H](c1ccsc1)c1cccs1)c1ccc(F)c(F)c1. The third-order valence-corrected chi connectivity index (χ3v) is 4.80. The Kier molecular flexibility index (Phi) is 4.31. The highest BCUT2D eigenvalue weighted by Gasteiger charge is 2.19. The van der Waals surface area contributed by atoms with Crippen molar-refractivity contribution in [2.75, 3.05) is 0 Å². The number of halogens is 2. The molecule has 0 saturated heterocycles. The standard InChI is InChI=1S/C16H11F2NOS2/c17-12-4-3-10(8-13(12)18)16(20)19-15(11-5-7-21-9-11)14-2-1-6-22-14/h1-9,15H,(H,19,20)/t15-/m1/s1. The molecule has 0 spiro atoms. The lowest BCUT2D eigenvalue weighted by Gasteiger charge is -2.16. The molecular formula is C16H11F2NOS2. The second-order valence-electron chi connectivity index (χ2n) is 4.61. The zero-order chi connectivity index (χ0) is 15.5. The molecule has 0 unspecified atom stereocenters. The number of hydrogen-bond acceptors (Lipinski definition) is 3. The molecule has 2 heterocycles. The minimum absolute atomic E-state index is 0.0932. The Labute approximate surface area is 134 Å². The fourth-order valence-electron chi connectivity index (χ4n) is 2.07. The van der Waals surface area contributed by atoms with Gasteiger partial charge in [0.25, 0.3) is 5.91 Å². The zero-order valence-electron chi connectivity index (χ0n) is 11.3. The van der Waals surface area contributed by atoms with Crippen LogP contribution in [0.4, 0.5) is 8.78 Å². The molecule has 3 rings (SSSR count). The van der Waals surface area contributed by atoms with Crippen molar-refractivity contribution >= 4 is 28.6 Å². The summed E-state index contributed by atoms with van der Waals surface area (Å²) < 4.78 is 26.2. The maximum Gasteiger partial charge on any atom is 0.252 e. The molecule has 2 aromatic heterocycles. The molecule has 0 aliphatic heterocycles. The van der Waals surface area contributed by atoms with Crippen molar-refractivity contribution in [3.8, 4) is 0 Å². The number of hydrogen-bond donors (Lipinski definition) is 1. The molecule has 0 aliphatic rings. The highest BCUT2D eigenvalue weighted by molar-refractivity contribution is 7.10. The Morgan fingerprint density at radius 2 is 1.95 bits per heavy atom. The van der Waals surface area contributed by atoms with Gasteiger partial charge in [0.1, 0.15) is 0 Å². The van der Waals surface area contributed by atoms with Crippen LogP contribution in [0.25, 0.3) is 0 Å². The fraction of sp³-hybridized carbons (Fsp3) is 0.0625. The van der Waals surface area contributed by atoms with Gasteiger partial charge in [-0.05, 0) is 52.0 Å². The first-order valence-electron chi connectivity index (χ1n) is 6.46. The first-order chi connectivity index (χ1) is 10.6. The Morgan fingerprint density at radius 1 is 1.09 bits per heavy atom. The minimum Gasteiger partial charge on any atom is -0.340 e. The van der Waals surface area contributed by atoms with Crippen molar-refractivity contribution in [1.82, 2.24) is 5.32 Å². The normalized spacial score (nSPS) is 12.1. The zero-order valence-corrected chi connectivity index (χ0v) is 12.9. The van der Waals surface area contributed by atoms with E-state index in [1.807, 2.05) is 34.3 Å². The van der Waals surface area contributed by atoms with Gasteiger partial charge < -0.3 is 5.32 Å². The van der Waals surface area contributed by atoms with Crippen molar-refractivity contribution in [1.29, 1.82) is 0 Å². The van der Waals surface area contributed by atoms with Crippen molar-refractivity contribution in [2.24, 2.45) is 0 Å². The van der Waals surface area contributed by atoms with Gasteiger partial charge in [-0.3, -0.25) is 4.79 Å². The number of thiophene rings is 2. The van der Waals surface area contributed by atoms with Crippen LogP contribution >= 0.6 is 22.7 Å². The number of amides is 1. The monoisotopic (exact) mass is 335 g/mol. The smallest absolute Gasteiger partial charge is 0.252 e. The number of benzene rings is 1. The molecule has 3 aromatic rings. The molecule has 1 aromatic carbocycles. The summed E-state index contributed by atoms with van der Waals surface area (Å²) in [7, 11) is 0. The van der Waals surface area contributed by atoms with Crippen LogP contribution in [0.3, 0.4) is 0 Å². The summed E-state index contributed by atoms with van der Waals surface area (Å²) in [5.41, 5.74) is 1.05. The average molecular weight is 335 g/mol. The van der Waals surface area contributed by atoms with E-state index in [4.69, 9.17) is 0 Å². The summed E-state index contributed by atoms with van der Waals surface area (Å²) >= 11 is 3.06. The summed E-state index contributed by atoms with van der Waals surface area (Å²) in [4.78, 5) is 13.3. The quantitative estimate of drug-likeness (QED) is 0.741. The maximum atomic E-state index is 13.3. The molecule has 1 N–H and O–H groups in total. The Morgan fingerprint density at radius 3 is 2.59 bits per heavy atom. The molecule has 2 nitrogen and oxygen atoms in total. The van der Waals surface area contributed by atoms with Crippen LogP contribution in [0.2, 0.25) is 0 Å². The molecule has 22 heavy (non-hydrogen) atoms. The predicted molar refractivity (Wildman–Crippen MR) is 84.3 cm³/mol. The van der Waals surface area contributed by atoms with E-state index >= 15 is 0 Å². The number of carbonyl (C=O) groups is 1. The molecular weight excluding hydrogens is 324 g/mol. The van der Waals surface area contributed by atoms with E-state index in [9.17, 15) is 13.6 Å². The lowest BCUT2D eigenvalue weighted by molar-refractivity contribution is 0.0943. The highest BCUT2D eigenvalue weighted by Crippen LogP contribution is 2.28. The van der Waals surface area contributed by atoms with Gasteiger partial charge in [0.2, 0.25) is 0 Å². The minimum atomic E-state index is -1.03. The highest BCUT2D eigenvalue weighted by atomic mass is 32.1. The van der Waals surface area contributed by atoms with Crippen molar-refractivity contribution in [2.45, 2.75) is 6.04 Å². The van der Waals surface area contributed by atoms with Gasteiger partial charge >= 0.3 is 0 Å². The second kappa shape index (κ2) is 6.37. The molecule has 6 heteroatoms. The number of nitrogens with one attached hydrogen (secondary N) is 1. The average Bonchev–Trinajstić information content (AvgIpc) is 3.20. The van der Waals surface area contributed by atoms with E-state index in [0.29, 0.717) is 0 Å². The van der Waals surface area contributed by atoms with E-state index < -0.39 is 17.5 Å². The Bertz CT molecular complexity index is 735. The van der Waals surface area contributed by atoms with E-state index in [1.54, 1.807) is 0 Å². The summed E-state index contributed by atoms with van der Waals surface area (Å²) in [6.45, 7) is 0. The van der Waals surface area contributed by atoms with Crippen LogP contribution in [0.5, 0.6) is 0 Å². The molecule has 1 amide bonds. The van der Waals surface area contributed by atoms with Gasteiger partial charge in [0, 0.05) is 10.4 Å². The topological polar surface area (TPSA) is 29.1 Å². The summed E-state index contributed by atoms with van der Waals surface area (Å²) in [5.74, 6) is -2.44. The Hall–Kier alpha value is -2.05. The predicted octanol–water partition coefficient (Wildman–Crippen LogP) is 4.61. The van der Waals surface area contributed by atoms with Gasteiger partial charge in [-0.25, -0.2) is 8.78 Å². The first kappa shape index (κ1) is 14.9. The van der Waals surface area contributed by atoms with Crippen LogP contribution in [0.1, 0.15) is 26.8 Å². The molecule has 0 aliphatic carbocycles. The van der Waals surface area contributed by atoms with Gasteiger partial charge in [-0.1, -0.05) is 6.07 Å². The van der Waals surface area contributed by atoms with E-state index in [2.05, 4.69) is 5.32 Å². The second-order valence-corrected chi connectivity index (χ2v) is 6.37. The van der Waals surface area contributed by atoms with Gasteiger partial charge in [-0.2, -0.15) is 11.3 Å². The number of rotatable bonds is 4. The summed E-state index contributed by atoms with van der Waals surface area (Å²) in [6, 6.07) is 8.60. The van der Waals surface area contributed by atoms with Gasteiger partial charge in [0.05, 0.1) is 6.04 Å². The van der Waals surface area contributed by atoms with Crippen LogP contribution in [0.15, 0.2) is 52.5 Å². The van der Waals surface area contributed by atoms with E-state index in [0.717, 1.165) is 22.6 Å². The molecule has 1 atom stereocenters. The third kappa shape index (κ3) is 3.08. The fourth-order valence-corrected chi connectivity index (χ4v) is 3.55. The lowest BCUT2D eigenvalue weighted by Crippen LogP contribution is -2.28. The van der Waals surface area contributed by atoms with Crippen LogP contribution in [-0.2, 0) is 0 Å². The third-order valence-electron chi connectivity index (χ3n) is 3.16. The number of carbonyl (C=O) groups excluding carboxylic acids is 1. The largest absolute Gasteiger partial charge is 0.340 e. The van der Waals surface area contributed by atoms with E-state index in [1.165, 1.54) is 28.7 Å². The first-order valence-corrected chi connectivity index (χ1v) is 8.29. The summed E-state index contributed by atoms with van der Waals surface area (Å²) in [6.07, 6.45) is 0. The van der Waals surface area contributed by atoms with Crippen LogP contribution in [0, 0.1) is 11.6 Å². The summed E-state index contributed by atoms with van der Waals surface area (Å²) in [5, 5.41) is 8.69. The van der Waals surface area contributed by atoms with Gasteiger partial charge in [-0.15, -0.1) is 11.3 Å². The van der Waals surface area contributed by atoms with Crippen LogP contribution < -0.4 is 5.32 Å². The van der Waals surface area contributed by atoms with E-state index in [-0.39, 0.29) is 11.6 Å².